The molecule has 0 saturated heterocycles. The predicted octanol–water partition coefficient (Wildman–Crippen LogP) is 4.14. The number of benzene rings is 2. The Labute approximate surface area is 151 Å². The van der Waals surface area contributed by atoms with E-state index in [0.29, 0.717) is 0 Å². The average Bonchev–Trinajstić information content (AvgIpc) is 3.16. The Bertz CT molecular complexity index is 1150. The minimum Gasteiger partial charge on any atom is -0.297 e. The number of hydrogen-bond acceptors (Lipinski definition) is 4. The summed E-state index contributed by atoms with van der Waals surface area (Å²) in [6.07, 6.45) is 3.75. The van der Waals surface area contributed by atoms with Crippen LogP contribution in [0.25, 0.3) is 16.2 Å². The van der Waals surface area contributed by atoms with Crippen LogP contribution in [0.1, 0.15) is 0 Å². The normalized spacial score (nSPS) is 11.8. The fourth-order valence-corrected chi connectivity index (χ4v) is 4.42. The second kappa shape index (κ2) is 6.19. The molecule has 1 N–H and O–H groups in total. The van der Waals surface area contributed by atoms with Gasteiger partial charge in [-0.15, -0.1) is 11.3 Å². The minimum absolute atomic E-state index is 0.192. The van der Waals surface area contributed by atoms with E-state index < -0.39 is 26.6 Å². The maximum atomic E-state index is 13.7. The molecule has 4 rings (SSSR count). The van der Waals surface area contributed by atoms with Crippen molar-refractivity contribution in [3.8, 4) is 11.3 Å². The third kappa shape index (κ3) is 2.95. The van der Waals surface area contributed by atoms with Gasteiger partial charge in [-0.25, -0.2) is 22.2 Å². The molecule has 0 atom stereocenters. The van der Waals surface area contributed by atoms with E-state index in [0.717, 1.165) is 34.4 Å². The van der Waals surface area contributed by atoms with Crippen LogP contribution in [0.4, 0.5) is 14.5 Å². The summed E-state index contributed by atoms with van der Waals surface area (Å²) in [5.41, 5.74) is 1.73. The highest BCUT2D eigenvalue weighted by Gasteiger charge is 2.23. The maximum Gasteiger partial charge on any atom is 0.267 e. The van der Waals surface area contributed by atoms with Crippen molar-refractivity contribution in [3.63, 3.8) is 0 Å². The summed E-state index contributed by atoms with van der Waals surface area (Å²) >= 11 is 1.50. The number of sulfonamides is 1. The fraction of sp³-hybridized carbons (Fsp3) is 0. The number of thiazole rings is 1. The summed E-state index contributed by atoms with van der Waals surface area (Å²) in [4.78, 5) is 4.31. The van der Waals surface area contributed by atoms with Crippen LogP contribution in [0.15, 0.2) is 65.1 Å². The molecule has 0 bridgehead atoms. The Hall–Kier alpha value is -2.78. The topological polar surface area (TPSA) is 63.5 Å². The molecule has 0 aliphatic rings. The lowest BCUT2D eigenvalue weighted by molar-refractivity contribution is 0.521. The van der Waals surface area contributed by atoms with Gasteiger partial charge in [-0.05, 0) is 24.3 Å². The maximum absolute atomic E-state index is 13.7. The number of nitrogens with one attached hydrogen (secondary N) is 1. The number of hydrogen-bond donors (Lipinski definition) is 1. The van der Waals surface area contributed by atoms with Crippen LogP contribution in [-0.2, 0) is 10.0 Å². The summed E-state index contributed by atoms with van der Waals surface area (Å²) in [6, 6.07) is 9.28. The lowest BCUT2D eigenvalue weighted by atomic mass is 10.1. The van der Waals surface area contributed by atoms with Crippen molar-refractivity contribution in [1.82, 2.24) is 9.38 Å². The van der Waals surface area contributed by atoms with Crippen molar-refractivity contribution in [3.05, 3.63) is 71.9 Å². The zero-order chi connectivity index (χ0) is 18.3. The van der Waals surface area contributed by atoms with E-state index >= 15 is 0 Å². The summed E-state index contributed by atoms with van der Waals surface area (Å²) in [5, 5.41) is 1.92. The SMILES string of the molecule is O=S(=O)(Nc1ccc(-c2cn3ccsc3n2)cc1)c1c(F)cccc1F. The Morgan fingerprint density at radius 3 is 2.38 bits per heavy atom. The van der Waals surface area contributed by atoms with Crippen LogP contribution in [0.2, 0.25) is 0 Å². The molecule has 4 aromatic rings. The third-order valence-corrected chi connectivity index (χ3v) is 5.92. The van der Waals surface area contributed by atoms with Crippen molar-refractivity contribution in [2.75, 3.05) is 4.72 Å². The highest BCUT2D eigenvalue weighted by molar-refractivity contribution is 7.92. The smallest absolute Gasteiger partial charge is 0.267 e. The molecule has 0 aliphatic carbocycles. The zero-order valence-electron chi connectivity index (χ0n) is 13.1. The van der Waals surface area contributed by atoms with E-state index in [4.69, 9.17) is 0 Å². The minimum atomic E-state index is -4.38. The van der Waals surface area contributed by atoms with Crippen molar-refractivity contribution in [2.45, 2.75) is 4.90 Å². The lowest BCUT2D eigenvalue weighted by Gasteiger charge is -2.10. The van der Waals surface area contributed by atoms with Crippen molar-refractivity contribution >= 4 is 32.0 Å². The third-order valence-electron chi connectivity index (χ3n) is 3.71. The average molecular weight is 391 g/mol. The highest BCUT2D eigenvalue weighted by atomic mass is 32.2. The fourth-order valence-electron chi connectivity index (χ4n) is 2.52. The number of nitrogens with zero attached hydrogens (tertiary/aromatic N) is 2. The van der Waals surface area contributed by atoms with Crippen LogP contribution in [-0.4, -0.2) is 17.8 Å². The van der Waals surface area contributed by atoms with E-state index in [1.807, 2.05) is 22.2 Å². The zero-order valence-corrected chi connectivity index (χ0v) is 14.7. The summed E-state index contributed by atoms with van der Waals surface area (Å²) < 4.78 is 56.1. The van der Waals surface area contributed by atoms with Gasteiger partial charge in [0, 0.05) is 29.0 Å². The monoisotopic (exact) mass is 391 g/mol. The van der Waals surface area contributed by atoms with Gasteiger partial charge in [-0.1, -0.05) is 18.2 Å². The van der Waals surface area contributed by atoms with Gasteiger partial charge >= 0.3 is 0 Å². The molecular weight excluding hydrogens is 380 g/mol. The van der Waals surface area contributed by atoms with Crippen molar-refractivity contribution in [2.24, 2.45) is 0 Å². The van der Waals surface area contributed by atoms with Crippen molar-refractivity contribution in [1.29, 1.82) is 0 Å². The van der Waals surface area contributed by atoms with Crippen LogP contribution in [0.3, 0.4) is 0 Å². The van der Waals surface area contributed by atoms with Gasteiger partial charge < -0.3 is 0 Å². The van der Waals surface area contributed by atoms with E-state index in [9.17, 15) is 17.2 Å². The number of fused-ring (bicyclic) bond motifs is 1. The molecule has 132 valence electrons. The first-order chi connectivity index (χ1) is 12.4. The molecule has 9 heteroatoms. The Kier molecular flexibility index (Phi) is 3.97. The summed E-state index contributed by atoms with van der Waals surface area (Å²) in [6.45, 7) is 0. The number of anilines is 1. The number of halogens is 2. The molecule has 0 fully saturated rings. The van der Waals surface area contributed by atoms with Gasteiger partial charge in [0.25, 0.3) is 10.0 Å². The van der Waals surface area contributed by atoms with E-state index in [1.165, 1.54) is 23.5 Å². The van der Waals surface area contributed by atoms with Crippen LogP contribution in [0, 0.1) is 11.6 Å². The highest BCUT2D eigenvalue weighted by Crippen LogP contribution is 2.25. The van der Waals surface area contributed by atoms with E-state index in [2.05, 4.69) is 9.71 Å². The number of imidazole rings is 1. The molecule has 26 heavy (non-hydrogen) atoms. The molecule has 0 radical (unpaired) electrons. The van der Waals surface area contributed by atoms with E-state index in [-0.39, 0.29) is 5.69 Å². The van der Waals surface area contributed by atoms with Gasteiger partial charge in [-0.3, -0.25) is 9.12 Å². The number of aromatic nitrogens is 2. The Balaban J connectivity index is 1.62. The van der Waals surface area contributed by atoms with Crippen molar-refractivity contribution < 1.29 is 17.2 Å². The first-order valence-electron chi connectivity index (χ1n) is 7.43. The summed E-state index contributed by atoms with van der Waals surface area (Å²) in [5.74, 6) is -2.29. The van der Waals surface area contributed by atoms with E-state index in [1.54, 1.807) is 12.1 Å². The Morgan fingerprint density at radius 1 is 1.04 bits per heavy atom. The number of rotatable bonds is 4. The molecule has 5 nitrogen and oxygen atoms in total. The molecule has 0 unspecified atom stereocenters. The predicted molar refractivity (Wildman–Crippen MR) is 95.7 cm³/mol. The van der Waals surface area contributed by atoms with Gasteiger partial charge in [0.15, 0.2) is 9.86 Å². The van der Waals surface area contributed by atoms with Crippen LogP contribution >= 0.6 is 11.3 Å². The lowest BCUT2D eigenvalue weighted by Crippen LogP contribution is -2.16. The van der Waals surface area contributed by atoms with Crippen LogP contribution < -0.4 is 4.72 Å². The molecule has 0 spiro atoms. The van der Waals surface area contributed by atoms with Gasteiger partial charge in [-0.2, -0.15) is 0 Å². The molecule has 2 heterocycles. The first-order valence-corrected chi connectivity index (χ1v) is 9.80. The first kappa shape index (κ1) is 16.7. The van der Waals surface area contributed by atoms with Gasteiger partial charge in [0.05, 0.1) is 5.69 Å². The van der Waals surface area contributed by atoms with Crippen LogP contribution in [0.5, 0.6) is 0 Å². The van der Waals surface area contributed by atoms with Gasteiger partial charge in [0.2, 0.25) is 0 Å². The standard InChI is InChI=1S/C17H11F2N3O2S2/c18-13-2-1-3-14(19)16(13)26(23,24)21-12-6-4-11(5-7-12)15-10-22-8-9-25-17(22)20-15/h1-10,21H. The quantitative estimate of drug-likeness (QED) is 0.569. The molecule has 0 saturated carbocycles. The molecule has 0 amide bonds. The second-order valence-corrected chi connectivity index (χ2v) is 7.94. The summed E-state index contributed by atoms with van der Waals surface area (Å²) in [7, 11) is -4.38. The molecule has 2 aromatic heterocycles. The second-order valence-electron chi connectivity index (χ2n) is 5.45. The largest absolute Gasteiger partial charge is 0.297 e. The molecule has 0 aliphatic heterocycles. The molecular formula is C17H11F2N3O2S2. The molecule has 2 aromatic carbocycles. The Morgan fingerprint density at radius 2 is 1.73 bits per heavy atom. The van der Waals surface area contributed by atoms with Gasteiger partial charge in [0.1, 0.15) is 11.6 Å².